The van der Waals surface area contributed by atoms with E-state index in [1.165, 1.54) is 0 Å². The molecule has 0 aliphatic heterocycles. The summed E-state index contributed by atoms with van der Waals surface area (Å²) in [5.74, 6) is 1.28. The van der Waals surface area contributed by atoms with Crippen LogP contribution in [0, 0.1) is 11.3 Å². The molecule has 0 aliphatic carbocycles. The summed E-state index contributed by atoms with van der Waals surface area (Å²) in [5.41, 5.74) is 0.892. The molecule has 0 fully saturated rings. The predicted molar refractivity (Wildman–Crippen MR) is 82.7 cm³/mol. The van der Waals surface area contributed by atoms with Crippen molar-refractivity contribution in [1.82, 2.24) is 15.3 Å². The van der Waals surface area contributed by atoms with Crippen molar-refractivity contribution in [2.45, 2.75) is 34.2 Å². The van der Waals surface area contributed by atoms with E-state index in [0.717, 1.165) is 12.1 Å². The third-order valence-electron chi connectivity index (χ3n) is 4.10. The van der Waals surface area contributed by atoms with E-state index in [2.05, 4.69) is 43.0 Å². The summed E-state index contributed by atoms with van der Waals surface area (Å²) in [6.45, 7) is 10.4. The number of fused-ring (bicyclic) bond motifs is 1. The van der Waals surface area contributed by atoms with Gasteiger partial charge in [-0.15, -0.1) is 0 Å². The van der Waals surface area contributed by atoms with Crippen molar-refractivity contribution < 1.29 is 0 Å². The van der Waals surface area contributed by atoms with Gasteiger partial charge < -0.3 is 10.3 Å². The van der Waals surface area contributed by atoms with Crippen LogP contribution in [0.1, 0.15) is 33.5 Å². The van der Waals surface area contributed by atoms with Gasteiger partial charge in [0.1, 0.15) is 5.82 Å². The first-order chi connectivity index (χ1) is 9.40. The lowest BCUT2D eigenvalue weighted by atomic mass is 9.81. The van der Waals surface area contributed by atoms with Crippen molar-refractivity contribution >= 4 is 10.9 Å². The first-order valence-corrected chi connectivity index (χ1v) is 7.09. The van der Waals surface area contributed by atoms with Crippen LogP contribution in [-0.2, 0) is 6.54 Å². The Bertz CT molecular complexity index is 643. The second-order valence-electron chi connectivity index (χ2n) is 6.28. The number of benzene rings is 1. The number of nitrogens with one attached hydrogen (secondary N) is 2. The Labute approximate surface area is 119 Å². The highest BCUT2D eigenvalue weighted by molar-refractivity contribution is 5.77. The number of hydrogen-bond donors (Lipinski definition) is 2. The fraction of sp³-hybridized carbons (Fsp3) is 0.500. The van der Waals surface area contributed by atoms with Crippen LogP contribution in [0.25, 0.3) is 10.9 Å². The molecular formula is C16H23N3O. The second kappa shape index (κ2) is 5.75. The molecule has 2 N–H and O–H groups in total. The molecule has 4 heteroatoms. The average Bonchev–Trinajstić information content (AvgIpc) is 2.38. The third kappa shape index (κ3) is 3.25. The van der Waals surface area contributed by atoms with E-state index < -0.39 is 0 Å². The Morgan fingerprint density at radius 3 is 2.70 bits per heavy atom. The average molecular weight is 273 g/mol. The first kappa shape index (κ1) is 14.7. The lowest BCUT2D eigenvalue weighted by molar-refractivity contribution is 0.237. The number of rotatable bonds is 5. The minimum absolute atomic E-state index is 0.0736. The Balaban J connectivity index is 2.10. The van der Waals surface area contributed by atoms with Gasteiger partial charge in [0, 0.05) is 6.54 Å². The van der Waals surface area contributed by atoms with E-state index in [1.807, 2.05) is 18.2 Å². The molecule has 0 saturated heterocycles. The van der Waals surface area contributed by atoms with Crippen LogP contribution in [0.15, 0.2) is 29.1 Å². The van der Waals surface area contributed by atoms with Crippen molar-refractivity contribution in [3.63, 3.8) is 0 Å². The Morgan fingerprint density at radius 2 is 2.00 bits per heavy atom. The normalized spacial score (nSPS) is 12.2. The van der Waals surface area contributed by atoms with Gasteiger partial charge in [-0.25, -0.2) is 4.98 Å². The molecule has 0 atom stereocenters. The van der Waals surface area contributed by atoms with Crippen LogP contribution in [0.4, 0.5) is 0 Å². The monoisotopic (exact) mass is 273 g/mol. The maximum absolute atomic E-state index is 11.9. The highest BCUT2D eigenvalue weighted by Crippen LogP contribution is 2.24. The largest absolute Gasteiger partial charge is 0.309 e. The molecule has 1 heterocycles. The van der Waals surface area contributed by atoms with Gasteiger partial charge in [-0.1, -0.05) is 39.8 Å². The van der Waals surface area contributed by atoms with Crippen LogP contribution in [0.5, 0.6) is 0 Å². The van der Waals surface area contributed by atoms with E-state index in [4.69, 9.17) is 0 Å². The summed E-state index contributed by atoms with van der Waals surface area (Å²) in [5, 5.41) is 4.02. The Morgan fingerprint density at radius 1 is 1.30 bits per heavy atom. The summed E-state index contributed by atoms with van der Waals surface area (Å²) < 4.78 is 0. The SMILES string of the molecule is CC(C)C(C)(C)CNCc1nc2ccccc2c(=O)[nH]1. The maximum Gasteiger partial charge on any atom is 0.258 e. The standard InChI is InChI=1S/C16H23N3O/c1-11(2)16(3,4)10-17-9-14-18-13-8-6-5-7-12(13)15(20)19-14/h5-8,11,17H,9-10H2,1-4H3,(H,18,19,20). The summed E-state index contributed by atoms with van der Waals surface area (Å²) in [6, 6.07) is 7.41. The third-order valence-corrected chi connectivity index (χ3v) is 4.10. The molecule has 0 spiro atoms. The summed E-state index contributed by atoms with van der Waals surface area (Å²) >= 11 is 0. The van der Waals surface area contributed by atoms with Gasteiger partial charge in [0.2, 0.25) is 0 Å². The van der Waals surface area contributed by atoms with Gasteiger partial charge in [-0.3, -0.25) is 4.79 Å². The molecule has 108 valence electrons. The van der Waals surface area contributed by atoms with Crippen LogP contribution in [0.2, 0.25) is 0 Å². The minimum Gasteiger partial charge on any atom is -0.309 e. The van der Waals surface area contributed by atoms with E-state index >= 15 is 0 Å². The summed E-state index contributed by atoms with van der Waals surface area (Å²) in [4.78, 5) is 19.3. The zero-order valence-electron chi connectivity index (χ0n) is 12.7. The fourth-order valence-corrected chi connectivity index (χ4v) is 1.93. The highest BCUT2D eigenvalue weighted by atomic mass is 16.1. The molecule has 1 aromatic carbocycles. The zero-order valence-corrected chi connectivity index (χ0v) is 12.7. The van der Waals surface area contributed by atoms with E-state index in [9.17, 15) is 4.79 Å². The van der Waals surface area contributed by atoms with Crippen LogP contribution < -0.4 is 10.9 Å². The highest BCUT2D eigenvalue weighted by Gasteiger charge is 2.21. The zero-order chi connectivity index (χ0) is 14.8. The van der Waals surface area contributed by atoms with Crippen molar-refractivity contribution in [3.8, 4) is 0 Å². The van der Waals surface area contributed by atoms with E-state index in [1.54, 1.807) is 6.07 Å². The molecule has 0 aliphatic rings. The van der Waals surface area contributed by atoms with Gasteiger partial charge >= 0.3 is 0 Å². The number of para-hydroxylation sites is 1. The van der Waals surface area contributed by atoms with Crippen molar-refractivity contribution in [3.05, 3.63) is 40.4 Å². The van der Waals surface area contributed by atoms with Crippen LogP contribution in [0.3, 0.4) is 0 Å². The number of H-pyrrole nitrogens is 1. The molecule has 0 saturated carbocycles. The fourth-order valence-electron chi connectivity index (χ4n) is 1.93. The van der Waals surface area contributed by atoms with Gasteiger partial charge in [0.25, 0.3) is 5.56 Å². The quantitative estimate of drug-likeness (QED) is 0.880. The smallest absolute Gasteiger partial charge is 0.258 e. The number of aromatic nitrogens is 2. The molecule has 1 aromatic heterocycles. The summed E-state index contributed by atoms with van der Waals surface area (Å²) in [6.07, 6.45) is 0. The molecule has 4 nitrogen and oxygen atoms in total. The predicted octanol–water partition coefficient (Wildman–Crippen LogP) is 2.69. The van der Waals surface area contributed by atoms with Crippen molar-refractivity contribution in [1.29, 1.82) is 0 Å². The lowest BCUT2D eigenvalue weighted by Gasteiger charge is -2.29. The van der Waals surface area contributed by atoms with Gasteiger partial charge in [0.05, 0.1) is 17.4 Å². The maximum atomic E-state index is 11.9. The first-order valence-electron chi connectivity index (χ1n) is 7.09. The molecule has 0 radical (unpaired) electrons. The van der Waals surface area contributed by atoms with Gasteiger partial charge in [-0.2, -0.15) is 0 Å². The van der Waals surface area contributed by atoms with E-state index in [-0.39, 0.29) is 11.0 Å². The second-order valence-corrected chi connectivity index (χ2v) is 6.28. The molecule has 0 amide bonds. The molecule has 2 aromatic rings. The molecule has 20 heavy (non-hydrogen) atoms. The molecule has 0 bridgehead atoms. The van der Waals surface area contributed by atoms with Crippen molar-refractivity contribution in [2.75, 3.05) is 6.54 Å². The van der Waals surface area contributed by atoms with Crippen molar-refractivity contribution in [2.24, 2.45) is 11.3 Å². The molecule has 2 rings (SSSR count). The molecule has 0 unspecified atom stereocenters. The lowest BCUT2D eigenvalue weighted by Crippen LogP contribution is -2.33. The number of hydrogen-bond acceptors (Lipinski definition) is 3. The number of nitrogens with zero attached hydrogens (tertiary/aromatic N) is 1. The Hall–Kier alpha value is -1.68. The van der Waals surface area contributed by atoms with Crippen LogP contribution in [-0.4, -0.2) is 16.5 Å². The Kier molecular flexibility index (Phi) is 4.23. The minimum atomic E-state index is -0.0736. The van der Waals surface area contributed by atoms with E-state index in [0.29, 0.717) is 23.7 Å². The topological polar surface area (TPSA) is 57.8 Å². The number of aromatic amines is 1. The van der Waals surface area contributed by atoms with Crippen LogP contribution >= 0.6 is 0 Å². The van der Waals surface area contributed by atoms with Gasteiger partial charge in [0.15, 0.2) is 0 Å². The summed E-state index contributed by atoms with van der Waals surface area (Å²) in [7, 11) is 0. The van der Waals surface area contributed by atoms with Gasteiger partial charge in [-0.05, 0) is 23.5 Å². The molecular weight excluding hydrogens is 250 g/mol.